The fourth-order valence-corrected chi connectivity index (χ4v) is 2.73. The molecule has 0 atom stereocenters. The van der Waals surface area contributed by atoms with E-state index in [2.05, 4.69) is 50.0 Å². The molecule has 2 aromatic rings. The van der Waals surface area contributed by atoms with Gasteiger partial charge in [-0.3, -0.25) is 4.98 Å². The number of hydrogen-bond acceptors (Lipinski definition) is 1. The number of benzene rings is 1. The van der Waals surface area contributed by atoms with E-state index in [1.807, 2.05) is 12.4 Å². The number of aromatic nitrogens is 1. The monoisotopic (exact) mass is 209 g/mol. The van der Waals surface area contributed by atoms with Gasteiger partial charge < -0.3 is 0 Å². The molecule has 1 aliphatic rings. The highest BCUT2D eigenvalue weighted by Crippen LogP contribution is 2.48. The van der Waals surface area contributed by atoms with Gasteiger partial charge in [0.2, 0.25) is 0 Å². The predicted molar refractivity (Wildman–Crippen MR) is 66.5 cm³/mol. The smallest absolute Gasteiger partial charge is 0.0349 e. The highest BCUT2D eigenvalue weighted by atomic mass is 14.6. The van der Waals surface area contributed by atoms with Crippen LogP contribution in [-0.4, -0.2) is 4.98 Å². The third-order valence-corrected chi connectivity index (χ3v) is 3.63. The molecular formula is C15H15N. The van der Waals surface area contributed by atoms with E-state index in [1.54, 1.807) is 0 Å². The first-order valence-electron chi connectivity index (χ1n) is 5.67. The first kappa shape index (κ1) is 9.59. The summed E-state index contributed by atoms with van der Waals surface area (Å²) >= 11 is 0. The van der Waals surface area contributed by atoms with Gasteiger partial charge in [0.05, 0.1) is 0 Å². The summed E-state index contributed by atoms with van der Waals surface area (Å²) in [4.78, 5) is 4.25. The summed E-state index contributed by atoms with van der Waals surface area (Å²) in [6.07, 6.45) is 3.88. The second kappa shape index (κ2) is 2.94. The van der Waals surface area contributed by atoms with Crippen molar-refractivity contribution in [3.8, 4) is 11.1 Å². The number of rotatable bonds is 0. The lowest BCUT2D eigenvalue weighted by Gasteiger charge is -2.21. The van der Waals surface area contributed by atoms with Gasteiger partial charge in [-0.2, -0.15) is 0 Å². The van der Waals surface area contributed by atoms with E-state index in [0.717, 1.165) is 0 Å². The highest BCUT2D eigenvalue weighted by Gasteiger charge is 2.34. The van der Waals surface area contributed by atoms with Crippen LogP contribution >= 0.6 is 0 Å². The number of hydrogen-bond donors (Lipinski definition) is 0. The van der Waals surface area contributed by atoms with Crippen molar-refractivity contribution in [1.82, 2.24) is 4.98 Å². The lowest BCUT2D eigenvalue weighted by molar-refractivity contribution is 0.659. The van der Waals surface area contributed by atoms with Crippen LogP contribution in [0.3, 0.4) is 0 Å². The molecule has 16 heavy (non-hydrogen) atoms. The number of nitrogens with zero attached hydrogens (tertiary/aromatic N) is 1. The summed E-state index contributed by atoms with van der Waals surface area (Å²) in [7, 11) is 0. The van der Waals surface area contributed by atoms with Crippen LogP contribution in [0.25, 0.3) is 11.1 Å². The molecule has 0 aliphatic heterocycles. The van der Waals surface area contributed by atoms with Crippen LogP contribution in [-0.2, 0) is 5.41 Å². The largest absolute Gasteiger partial charge is 0.264 e. The molecule has 80 valence electrons. The average Bonchev–Trinajstić information content (AvgIpc) is 2.49. The van der Waals surface area contributed by atoms with Gasteiger partial charge in [-0.05, 0) is 29.7 Å². The molecule has 0 saturated carbocycles. The van der Waals surface area contributed by atoms with Gasteiger partial charge in [0.25, 0.3) is 0 Å². The Labute approximate surface area is 96.2 Å². The normalized spacial score (nSPS) is 15.7. The lowest BCUT2D eigenvalue weighted by Crippen LogP contribution is -2.14. The van der Waals surface area contributed by atoms with E-state index >= 15 is 0 Å². The van der Waals surface area contributed by atoms with Gasteiger partial charge in [-0.25, -0.2) is 0 Å². The Hall–Kier alpha value is -1.63. The Balaban J connectivity index is 2.40. The fourth-order valence-electron chi connectivity index (χ4n) is 2.73. The van der Waals surface area contributed by atoms with Crippen LogP contribution in [0.4, 0.5) is 0 Å². The number of fused-ring (bicyclic) bond motifs is 3. The average molecular weight is 209 g/mol. The zero-order valence-electron chi connectivity index (χ0n) is 9.91. The second-order valence-electron chi connectivity index (χ2n) is 5.10. The van der Waals surface area contributed by atoms with Crippen molar-refractivity contribution in [3.63, 3.8) is 0 Å². The fraction of sp³-hybridized carbons (Fsp3) is 0.267. The minimum Gasteiger partial charge on any atom is -0.264 e. The third-order valence-electron chi connectivity index (χ3n) is 3.63. The summed E-state index contributed by atoms with van der Waals surface area (Å²) in [5, 5.41) is 0. The van der Waals surface area contributed by atoms with Gasteiger partial charge in [-0.1, -0.05) is 37.6 Å². The minimum absolute atomic E-state index is 0.112. The molecule has 0 bridgehead atoms. The van der Waals surface area contributed by atoms with Crippen LogP contribution < -0.4 is 0 Å². The van der Waals surface area contributed by atoms with Gasteiger partial charge in [0.15, 0.2) is 0 Å². The minimum atomic E-state index is 0.112. The van der Waals surface area contributed by atoms with Gasteiger partial charge >= 0.3 is 0 Å². The summed E-state index contributed by atoms with van der Waals surface area (Å²) in [6.45, 7) is 6.71. The van der Waals surface area contributed by atoms with E-state index in [1.165, 1.54) is 27.8 Å². The Bertz CT molecular complexity index is 567. The molecule has 1 nitrogen and oxygen atoms in total. The van der Waals surface area contributed by atoms with Crippen LogP contribution in [0.15, 0.2) is 36.7 Å². The van der Waals surface area contributed by atoms with E-state index in [9.17, 15) is 0 Å². The Morgan fingerprint density at radius 1 is 1.00 bits per heavy atom. The molecular weight excluding hydrogens is 194 g/mol. The Morgan fingerprint density at radius 3 is 2.56 bits per heavy atom. The first-order chi connectivity index (χ1) is 7.60. The van der Waals surface area contributed by atoms with E-state index < -0.39 is 0 Å². The maximum atomic E-state index is 4.25. The molecule has 1 aromatic heterocycles. The van der Waals surface area contributed by atoms with Crippen molar-refractivity contribution in [2.24, 2.45) is 0 Å². The van der Waals surface area contributed by atoms with Crippen LogP contribution in [0.2, 0.25) is 0 Å². The van der Waals surface area contributed by atoms with Crippen molar-refractivity contribution >= 4 is 0 Å². The topological polar surface area (TPSA) is 12.9 Å². The molecule has 0 spiro atoms. The first-order valence-corrected chi connectivity index (χ1v) is 5.67. The van der Waals surface area contributed by atoms with Crippen LogP contribution in [0, 0.1) is 6.92 Å². The summed E-state index contributed by atoms with van der Waals surface area (Å²) in [5.41, 5.74) is 6.89. The van der Waals surface area contributed by atoms with Gasteiger partial charge in [0.1, 0.15) is 0 Å². The van der Waals surface area contributed by atoms with Crippen molar-refractivity contribution < 1.29 is 0 Å². The zero-order valence-corrected chi connectivity index (χ0v) is 9.91. The number of pyridine rings is 1. The molecule has 1 aromatic carbocycles. The Morgan fingerprint density at radius 2 is 1.75 bits per heavy atom. The molecule has 0 radical (unpaired) electrons. The van der Waals surface area contributed by atoms with Crippen molar-refractivity contribution in [2.45, 2.75) is 26.2 Å². The maximum absolute atomic E-state index is 4.25. The maximum Gasteiger partial charge on any atom is 0.0349 e. The van der Waals surface area contributed by atoms with Crippen molar-refractivity contribution in [1.29, 1.82) is 0 Å². The molecule has 1 aliphatic carbocycles. The molecule has 0 amide bonds. The second-order valence-corrected chi connectivity index (χ2v) is 5.10. The van der Waals surface area contributed by atoms with Crippen LogP contribution in [0.1, 0.15) is 30.5 Å². The quantitative estimate of drug-likeness (QED) is 0.644. The molecule has 1 heteroatoms. The molecule has 0 unspecified atom stereocenters. The van der Waals surface area contributed by atoms with Crippen LogP contribution in [0.5, 0.6) is 0 Å². The standard InChI is InChI=1S/C15H15N/c1-10-4-5-13-11(8-10)12-9-16-7-6-14(12)15(13,2)3/h4-9H,1-3H3. The molecule has 0 saturated heterocycles. The molecule has 3 rings (SSSR count). The summed E-state index contributed by atoms with van der Waals surface area (Å²) < 4.78 is 0. The highest BCUT2D eigenvalue weighted by molar-refractivity contribution is 5.80. The summed E-state index contributed by atoms with van der Waals surface area (Å²) in [5.74, 6) is 0. The lowest BCUT2D eigenvalue weighted by atomic mass is 9.82. The third kappa shape index (κ3) is 1.09. The van der Waals surface area contributed by atoms with Gasteiger partial charge in [0, 0.05) is 23.4 Å². The van der Waals surface area contributed by atoms with Gasteiger partial charge in [-0.15, -0.1) is 0 Å². The molecule has 1 heterocycles. The van der Waals surface area contributed by atoms with Crippen molar-refractivity contribution in [2.75, 3.05) is 0 Å². The zero-order chi connectivity index (χ0) is 11.3. The SMILES string of the molecule is Cc1ccc2c(c1)-c1cnccc1C2(C)C. The molecule has 0 fully saturated rings. The van der Waals surface area contributed by atoms with E-state index in [-0.39, 0.29) is 5.41 Å². The molecule has 0 N–H and O–H groups in total. The predicted octanol–water partition coefficient (Wildman–Crippen LogP) is 3.70. The van der Waals surface area contributed by atoms with E-state index in [0.29, 0.717) is 0 Å². The Kier molecular flexibility index (Phi) is 1.76. The summed E-state index contributed by atoms with van der Waals surface area (Å²) in [6, 6.07) is 8.86. The van der Waals surface area contributed by atoms with E-state index in [4.69, 9.17) is 0 Å². The van der Waals surface area contributed by atoms with Crippen molar-refractivity contribution in [3.05, 3.63) is 53.3 Å². The number of aryl methyl sites for hydroxylation is 1.